The van der Waals surface area contributed by atoms with Gasteiger partial charge in [-0.3, -0.25) is 0 Å². The van der Waals surface area contributed by atoms with Gasteiger partial charge >= 0.3 is 0 Å². The van der Waals surface area contributed by atoms with Crippen LogP contribution in [0.4, 0.5) is 5.82 Å². The van der Waals surface area contributed by atoms with Gasteiger partial charge < -0.3 is 29.9 Å². The van der Waals surface area contributed by atoms with Crippen molar-refractivity contribution < 1.29 is 20.1 Å². The van der Waals surface area contributed by atoms with E-state index in [1.165, 1.54) is 6.92 Å². The Morgan fingerprint density at radius 1 is 1.50 bits per heavy atom. The Hall–Kier alpha value is -1.71. The van der Waals surface area contributed by atoms with Crippen LogP contribution in [0.1, 0.15) is 18.7 Å². The maximum atomic E-state index is 10.7. The number of halogens is 1. The van der Waals surface area contributed by atoms with Crippen LogP contribution in [0.2, 0.25) is 5.28 Å². The lowest BCUT2D eigenvalue weighted by Crippen LogP contribution is -2.44. The zero-order valence-electron chi connectivity index (χ0n) is 12.8. The number of aliphatic hydroxyl groups excluding tert-OH is 2. The molecule has 1 saturated heterocycles. The molecule has 2 aliphatic heterocycles. The largest absolute Gasteiger partial charge is 0.394 e. The van der Waals surface area contributed by atoms with Crippen LogP contribution in [0.5, 0.6) is 0 Å². The number of hydrogen-bond acceptors (Lipinski definition) is 7. The van der Waals surface area contributed by atoms with Crippen molar-refractivity contribution in [2.24, 2.45) is 0 Å². The first kappa shape index (κ1) is 15.8. The minimum absolute atomic E-state index is 0.0645. The van der Waals surface area contributed by atoms with Crippen molar-refractivity contribution in [1.29, 1.82) is 0 Å². The Bertz CT molecular complexity index is 834. The summed E-state index contributed by atoms with van der Waals surface area (Å²) in [6.45, 7) is 1.68. The highest BCUT2D eigenvalue weighted by atomic mass is 35.5. The highest BCUT2D eigenvalue weighted by Crippen LogP contribution is 2.41. The lowest BCUT2D eigenvalue weighted by Gasteiger charge is -2.27. The van der Waals surface area contributed by atoms with Crippen molar-refractivity contribution in [3.05, 3.63) is 23.1 Å². The van der Waals surface area contributed by atoms with Crippen LogP contribution in [-0.4, -0.2) is 60.8 Å². The lowest BCUT2D eigenvalue weighted by atomic mass is 9.96. The molecule has 4 N–H and O–H groups in total. The molecule has 0 radical (unpaired) electrons. The quantitative estimate of drug-likeness (QED) is 0.583. The topological polar surface area (TPSA) is 113 Å². The van der Waals surface area contributed by atoms with Gasteiger partial charge in [-0.05, 0) is 18.5 Å². The second kappa shape index (κ2) is 5.40. The van der Waals surface area contributed by atoms with Crippen molar-refractivity contribution in [3.8, 4) is 0 Å². The molecule has 4 rings (SSSR count). The summed E-state index contributed by atoms with van der Waals surface area (Å²) in [4.78, 5) is 8.49. The minimum Gasteiger partial charge on any atom is -0.394 e. The molecule has 4 atom stereocenters. The molecule has 0 aromatic carbocycles. The van der Waals surface area contributed by atoms with Crippen molar-refractivity contribution in [2.45, 2.75) is 31.0 Å². The summed E-state index contributed by atoms with van der Waals surface area (Å²) in [6.07, 6.45) is 2.59. The van der Waals surface area contributed by atoms with Gasteiger partial charge in [-0.2, -0.15) is 4.98 Å². The van der Waals surface area contributed by atoms with Crippen molar-refractivity contribution >= 4 is 34.5 Å². The highest BCUT2D eigenvalue weighted by Gasteiger charge is 2.53. The molecular weight excluding hydrogens is 336 g/mol. The van der Waals surface area contributed by atoms with E-state index in [9.17, 15) is 15.3 Å². The third kappa shape index (κ3) is 2.15. The molecule has 1 fully saturated rings. The third-order valence-electron chi connectivity index (χ3n) is 4.55. The van der Waals surface area contributed by atoms with Gasteiger partial charge in [0, 0.05) is 18.3 Å². The van der Waals surface area contributed by atoms with Crippen molar-refractivity contribution in [1.82, 2.24) is 14.5 Å². The molecule has 9 heteroatoms. The van der Waals surface area contributed by atoms with Gasteiger partial charge in [0.2, 0.25) is 5.28 Å². The van der Waals surface area contributed by atoms with Gasteiger partial charge in [0.05, 0.1) is 12.0 Å². The summed E-state index contributed by atoms with van der Waals surface area (Å²) in [5.74, 6) is 0.598. The number of nitrogens with zero attached hydrogens (tertiary/aromatic N) is 3. The summed E-state index contributed by atoms with van der Waals surface area (Å²) >= 11 is 6.03. The van der Waals surface area contributed by atoms with E-state index in [0.29, 0.717) is 18.0 Å². The van der Waals surface area contributed by atoms with Gasteiger partial charge in [-0.15, -0.1) is 0 Å². The monoisotopic (exact) mass is 352 g/mol. The number of rotatable bonds is 2. The predicted molar refractivity (Wildman–Crippen MR) is 87.7 cm³/mol. The lowest BCUT2D eigenvalue weighted by molar-refractivity contribution is -0.0948. The van der Waals surface area contributed by atoms with E-state index in [-0.39, 0.29) is 5.28 Å². The fourth-order valence-corrected chi connectivity index (χ4v) is 3.48. The Labute approximate surface area is 142 Å². The molecule has 128 valence electrons. The van der Waals surface area contributed by atoms with E-state index in [1.807, 2.05) is 12.2 Å². The van der Waals surface area contributed by atoms with Crippen LogP contribution < -0.4 is 5.32 Å². The Balaban J connectivity index is 1.93. The zero-order valence-corrected chi connectivity index (χ0v) is 13.6. The fourth-order valence-electron chi connectivity index (χ4n) is 3.32. The summed E-state index contributed by atoms with van der Waals surface area (Å²) in [5, 5.41) is 34.3. The van der Waals surface area contributed by atoms with Gasteiger partial charge in [-0.1, -0.05) is 12.2 Å². The number of anilines is 1. The number of aromatic nitrogens is 3. The van der Waals surface area contributed by atoms with E-state index < -0.39 is 30.6 Å². The average Bonchev–Trinajstić information content (AvgIpc) is 2.89. The second-order valence-electron chi connectivity index (χ2n) is 6.19. The van der Waals surface area contributed by atoms with Gasteiger partial charge in [-0.25, -0.2) is 4.98 Å². The van der Waals surface area contributed by atoms with E-state index >= 15 is 0 Å². The average molecular weight is 353 g/mol. The van der Waals surface area contributed by atoms with E-state index in [1.54, 1.807) is 10.8 Å². The predicted octanol–water partition coefficient (Wildman–Crippen LogP) is 0.525. The normalized spacial score (nSPS) is 32.1. The first-order valence-corrected chi connectivity index (χ1v) is 7.96. The molecular formula is C15H17ClN4O4. The van der Waals surface area contributed by atoms with Gasteiger partial charge in [0.15, 0.2) is 6.23 Å². The minimum atomic E-state index is -1.60. The maximum Gasteiger partial charge on any atom is 0.226 e. The number of hydrogen-bond donors (Lipinski definition) is 4. The molecule has 0 amide bonds. The van der Waals surface area contributed by atoms with Crippen LogP contribution in [0.3, 0.4) is 0 Å². The summed E-state index contributed by atoms with van der Waals surface area (Å²) in [5.41, 5.74) is -0.270. The zero-order chi connectivity index (χ0) is 17.1. The molecule has 24 heavy (non-hydrogen) atoms. The van der Waals surface area contributed by atoms with Crippen LogP contribution in [-0.2, 0) is 4.74 Å². The molecule has 2 aromatic rings. The smallest absolute Gasteiger partial charge is 0.226 e. The molecule has 8 nitrogen and oxygen atoms in total. The SMILES string of the molecule is C[C@]1(O)C(n2cc3c4c(nc(Cl)nc42)NCC=C3)O[C@H](CO)[C@H]1O. The first-order chi connectivity index (χ1) is 11.4. The Morgan fingerprint density at radius 3 is 3.00 bits per heavy atom. The first-order valence-electron chi connectivity index (χ1n) is 7.58. The summed E-state index contributed by atoms with van der Waals surface area (Å²) < 4.78 is 7.31. The second-order valence-corrected chi connectivity index (χ2v) is 6.53. The van der Waals surface area contributed by atoms with Crippen molar-refractivity contribution in [2.75, 3.05) is 18.5 Å². The van der Waals surface area contributed by atoms with Crippen LogP contribution in [0, 0.1) is 0 Å². The Kier molecular flexibility index (Phi) is 3.55. The van der Waals surface area contributed by atoms with Crippen LogP contribution in [0.25, 0.3) is 17.1 Å². The van der Waals surface area contributed by atoms with Crippen molar-refractivity contribution in [3.63, 3.8) is 0 Å². The van der Waals surface area contributed by atoms with E-state index in [4.69, 9.17) is 16.3 Å². The molecule has 2 aromatic heterocycles. The van der Waals surface area contributed by atoms with Crippen LogP contribution in [0.15, 0.2) is 12.3 Å². The standard InChI is InChI=1S/C15H17ClN4O4/c1-15(23)10(22)8(6-21)24-13(15)20-5-7-3-2-4-17-11-9(7)12(20)19-14(16)18-11/h2-3,5,8,10,13,21-23H,4,6H2,1H3,(H,17,18,19)/t8-,10-,13?,15-/m1/s1. The molecule has 4 heterocycles. The van der Waals surface area contributed by atoms with E-state index in [0.717, 1.165) is 10.9 Å². The van der Waals surface area contributed by atoms with Crippen LogP contribution >= 0.6 is 11.6 Å². The molecule has 0 bridgehead atoms. The molecule has 1 unspecified atom stereocenters. The number of nitrogens with one attached hydrogen (secondary N) is 1. The van der Waals surface area contributed by atoms with E-state index in [2.05, 4.69) is 15.3 Å². The fraction of sp³-hybridized carbons (Fsp3) is 0.467. The third-order valence-corrected chi connectivity index (χ3v) is 4.72. The molecule has 0 spiro atoms. The number of ether oxygens (including phenoxy) is 1. The van der Waals surface area contributed by atoms with Gasteiger partial charge in [0.25, 0.3) is 0 Å². The maximum absolute atomic E-state index is 10.7. The number of aliphatic hydroxyl groups is 3. The Morgan fingerprint density at radius 2 is 2.29 bits per heavy atom. The molecule has 0 aliphatic carbocycles. The highest BCUT2D eigenvalue weighted by molar-refractivity contribution is 6.28. The van der Waals surface area contributed by atoms with Gasteiger partial charge in [0.1, 0.15) is 29.3 Å². The molecule has 2 aliphatic rings. The summed E-state index contributed by atoms with van der Waals surface area (Å²) in [7, 11) is 0. The molecule has 0 saturated carbocycles. The summed E-state index contributed by atoms with van der Waals surface area (Å²) in [6, 6.07) is 0.